The van der Waals surface area contributed by atoms with Crippen LogP contribution < -0.4 is 14.6 Å². The Balaban J connectivity index is 1.62. The summed E-state index contributed by atoms with van der Waals surface area (Å²) in [5, 5.41) is 22.0. The molecule has 13 heteroatoms. The highest BCUT2D eigenvalue weighted by molar-refractivity contribution is 7.38. The van der Waals surface area contributed by atoms with Crippen LogP contribution in [0.5, 0.6) is 17.5 Å². The second-order valence-corrected chi connectivity index (χ2v) is 7.71. The van der Waals surface area contributed by atoms with Crippen LogP contribution >= 0.6 is 19.6 Å². The molecule has 2 aromatic heterocycles. The van der Waals surface area contributed by atoms with E-state index < -0.39 is 8.03 Å². The molecule has 1 atom stereocenters. The molecule has 0 aliphatic rings. The number of fused-ring (bicyclic) bond motifs is 1. The van der Waals surface area contributed by atoms with Crippen molar-refractivity contribution in [3.05, 3.63) is 54.3 Å². The van der Waals surface area contributed by atoms with Crippen LogP contribution in [-0.4, -0.2) is 48.3 Å². The number of rotatable bonds is 8. The van der Waals surface area contributed by atoms with E-state index in [4.69, 9.17) is 20.9 Å². The number of nitrogens with one attached hydrogen (secondary N) is 1. The van der Waals surface area contributed by atoms with Crippen molar-refractivity contribution in [1.29, 1.82) is 0 Å². The van der Waals surface area contributed by atoms with E-state index in [1.165, 1.54) is 29.7 Å². The lowest BCUT2D eigenvalue weighted by Crippen LogP contribution is -2.04. The van der Waals surface area contributed by atoms with Crippen LogP contribution in [0.25, 0.3) is 16.7 Å². The molecule has 1 unspecified atom stereocenters. The van der Waals surface area contributed by atoms with Gasteiger partial charge < -0.3 is 15.2 Å². The van der Waals surface area contributed by atoms with E-state index in [1.807, 2.05) is 0 Å². The Kier molecular flexibility index (Phi) is 6.11. The van der Waals surface area contributed by atoms with Gasteiger partial charge in [-0.05, 0) is 46.5 Å². The number of aromatic hydroxyl groups is 1. The molecule has 11 nitrogen and oxygen atoms in total. The van der Waals surface area contributed by atoms with Crippen molar-refractivity contribution < 1.29 is 18.9 Å². The Labute approximate surface area is 187 Å². The fourth-order valence-electron chi connectivity index (χ4n) is 2.68. The molecule has 4 rings (SSSR count). The maximum atomic E-state index is 11.4. The summed E-state index contributed by atoms with van der Waals surface area (Å²) >= 11 is 5.93. The molecular weight excluding hydrogens is 457 g/mol. The normalized spacial score (nSPS) is 11.2. The molecule has 0 aliphatic carbocycles. The van der Waals surface area contributed by atoms with E-state index in [9.17, 15) is 9.67 Å². The van der Waals surface area contributed by atoms with E-state index in [1.54, 1.807) is 24.3 Å². The zero-order valence-corrected chi connectivity index (χ0v) is 18.3. The Hall–Kier alpha value is -3.82. The molecule has 2 heterocycles. The van der Waals surface area contributed by atoms with Gasteiger partial charge in [-0.15, -0.1) is 15.0 Å². The highest BCUT2D eigenvalue weighted by Gasteiger charge is 2.15. The van der Waals surface area contributed by atoms with E-state index >= 15 is 0 Å². The molecule has 0 amide bonds. The number of benzene rings is 2. The van der Waals surface area contributed by atoms with E-state index in [2.05, 4.69) is 37.0 Å². The average molecular weight is 473 g/mol. The lowest BCUT2D eigenvalue weighted by Gasteiger charge is -2.06. The second kappa shape index (κ2) is 9.13. The zero-order chi connectivity index (χ0) is 22.7. The fraction of sp³-hybridized carbons (Fsp3) is 0.105. The van der Waals surface area contributed by atoms with Crippen LogP contribution in [0.2, 0.25) is 5.28 Å². The zero-order valence-electron chi connectivity index (χ0n) is 16.6. The summed E-state index contributed by atoms with van der Waals surface area (Å²) in [6.07, 6.45) is 1.56. The van der Waals surface area contributed by atoms with Crippen LogP contribution in [0.1, 0.15) is 0 Å². The van der Waals surface area contributed by atoms with Gasteiger partial charge in [0, 0.05) is 11.8 Å². The maximum Gasteiger partial charge on any atom is 0.552 e. The van der Waals surface area contributed by atoms with Gasteiger partial charge in [0.05, 0.1) is 0 Å². The number of halogens is 1. The van der Waals surface area contributed by atoms with Gasteiger partial charge in [-0.25, -0.2) is 0 Å². The molecule has 0 saturated carbocycles. The lowest BCUT2D eigenvalue weighted by atomic mass is 10.3. The quantitative estimate of drug-likeness (QED) is 0.285. The molecule has 2 N–H and O–H groups in total. The minimum atomic E-state index is -1.85. The number of anilines is 2. The molecule has 0 spiro atoms. The Morgan fingerprint density at radius 1 is 1.19 bits per heavy atom. The molecule has 0 fully saturated rings. The minimum absolute atomic E-state index is 0.0278. The lowest BCUT2D eigenvalue weighted by molar-refractivity contribution is 0.332. The first kappa shape index (κ1) is 21.4. The summed E-state index contributed by atoms with van der Waals surface area (Å²) in [7, 11) is -1.85. The molecule has 162 valence electrons. The van der Waals surface area contributed by atoms with Crippen molar-refractivity contribution in [2.24, 2.45) is 0 Å². The molecule has 0 bridgehead atoms. The van der Waals surface area contributed by atoms with E-state index in [-0.39, 0.29) is 35.3 Å². The van der Waals surface area contributed by atoms with Gasteiger partial charge in [0.1, 0.15) is 29.1 Å². The van der Waals surface area contributed by atoms with Crippen LogP contribution in [0.3, 0.4) is 0 Å². The number of aromatic nitrogens is 6. The highest BCUT2D eigenvalue weighted by atomic mass is 35.5. The number of ether oxygens (including phenoxy) is 1. The SMILES string of the molecule is C=CCOc1nc(Cl)nc(Nc2ccc3nn(-c4cc(O[P+](C)=O)ccc4O)nc3c2)n1. The number of phenols is 1. The third kappa shape index (κ3) is 4.90. The molecule has 4 aromatic rings. The smallest absolute Gasteiger partial charge is 0.506 e. The highest BCUT2D eigenvalue weighted by Crippen LogP contribution is 2.31. The molecular formula is C19H16ClN7O4P+. The van der Waals surface area contributed by atoms with Gasteiger partial charge in [0.2, 0.25) is 11.2 Å². The molecule has 0 saturated heterocycles. The predicted octanol–water partition coefficient (Wildman–Crippen LogP) is 4.02. The number of hydrogen-bond donors (Lipinski definition) is 2. The van der Waals surface area contributed by atoms with Gasteiger partial charge in [0.25, 0.3) is 0 Å². The summed E-state index contributed by atoms with van der Waals surface area (Å²) in [5.41, 5.74) is 2.00. The standard InChI is InChI=1S/C19H15ClN7O4P/c1-3-8-30-19-23-17(20)22-18(24-19)21-11-4-6-13-14(9-11)26-27(25-13)15-10-12(31-32(2)29)5-7-16(15)28/h3-7,9-10H,1,8H2,2H3,(H-,21,22,23,24,26,28)/p+1. The average Bonchev–Trinajstić information content (AvgIpc) is 3.16. The number of phenolic OH excluding ortho intramolecular Hbond substituents is 1. The third-order valence-electron chi connectivity index (χ3n) is 3.95. The van der Waals surface area contributed by atoms with Gasteiger partial charge in [-0.3, -0.25) is 4.52 Å². The van der Waals surface area contributed by atoms with Crippen molar-refractivity contribution in [3.63, 3.8) is 0 Å². The maximum absolute atomic E-state index is 11.4. The van der Waals surface area contributed by atoms with E-state index in [0.717, 1.165) is 0 Å². The molecule has 32 heavy (non-hydrogen) atoms. The van der Waals surface area contributed by atoms with E-state index in [0.29, 0.717) is 22.5 Å². The van der Waals surface area contributed by atoms with Gasteiger partial charge >= 0.3 is 14.0 Å². The first-order chi connectivity index (χ1) is 15.4. The van der Waals surface area contributed by atoms with Crippen LogP contribution in [-0.2, 0) is 4.57 Å². The molecule has 0 radical (unpaired) electrons. The van der Waals surface area contributed by atoms with Gasteiger partial charge in [-0.1, -0.05) is 12.7 Å². The largest absolute Gasteiger partial charge is 0.552 e. The van der Waals surface area contributed by atoms with Gasteiger partial charge in [-0.2, -0.15) is 15.0 Å². The Morgan fingerprint density at radius 2 is 2.00 bits per heavy atom. The number of hydrogen-bond acceptors (Lipinski definition) is 10. The van der Waals surface area contributed by atoms with Crippen molar-refractivity contribution >= 4 is 42.3 Å². The Bertz CT molecular complexity index is 1330. The summed E-state index contributed by atoms with van der Waals surface area (Å²) in [6.45, 7) is 5.23. The van der Waals surface area contributed by atoms with Crippen molar-refractivity contribution in [2.75, 3.05) is 18.6 Å². The first-order valence-corrected chi connectivity index (χ1v) is 11.1. The second-order valence-electron chi connectivity index (χ2n) is 6.31. The van der Waals surface area contributed by atoms with Crippen molar-refractivity contribution in [1.82, 2.24) is 29.9 Å². The van der Waals surface area contributed by atoms with Crippen molar-refractivity contribution in [2.45, 2.75) is 0 Å². The van der Waals surface area contributed by atoms with Crippen LogP contribution in [0, 0.1) is 0 Å². The monoisotopic (exact) mass is 472 g/mol. The Morgan fingerprint density at radius 3 is 2.78 bits per heavy atom. The topological polar surface area (TPSA) is 137 Å². The van der Waals surface area contributed by atoms with Crippen LogP contribution in [0.4, 0.5) is 11.6 Å². The van der Waals surface area contributed by atoms with Gasteiger partial charge in [0.15, 0.2) is 12.4 Å². The predicted molar refractivity (Wildman–Crippen MR) is 118 cm³/mol. The molecule has 0 aliphatic heterocycles. The minimum Gasteiger partial charge on any atom is -0.506 e. The summed E-state index contributed by atoms with van der Waals surface area (Å²) in [6, 6.07) is 9.70. The summed E-state index contributed by atoms with van der Waals surface area (Å²) in [4.78, 5) is 13.3. The summed E-state index contributed by atoms with van der Waals surface area (Å²) < 4.78 is 21.9. The molecule has 2 aromatic carbocycles. The fourth-order valence-corrected chi connectivity index (χ4v) is 3.25. The van der Waals surface area contributed by atoms with Crippen molar-refractivity contribution in [3.8, 4) is 23.2 Å². The first-order valence-electron chi connectivity index (χ1n) is 9.13. The number of nitrogens with zero attached hydrogens (tertiary/aromatic N) is 6. The van der Waals surface area contributed by atoms with Crippen LogP contribution in [0.15, 0.2) is 49.1 Å². The summed E-state index contributed by atoms with van der Waals surface area (Å²) in [5.74, 6) is 0.451. The third-order valence-corrected chi connectivity index (χ3v) is 4.59.